The van der Waals surface area contributed by atoms with Crippen LogP contribution in [0.5, 0.6) is 0 Å². The van der Waals surface area contributed by atoms with Gasteiger partial charge in [0.05, 0.1) is 16.8 Å². The van der Waals surface area contributed by atoms with Crippen LogP contribution in [-0.4, -0.2) is 21.6 Å². The van der Waals surface area contributed by atoms with Crippen molar-refractivity contribution >= 4 is 56.0 Å². The molecule has 0 aliphatic rings. The van der Waals surface area contributed by atoms with Crippen LogP contribution in [0, 0.1) is 12.7 Å². The zero-order chi connectivity index (χ0) is 22.5. The molecule has 0 radical (unpaired) electrons. The molecule has 0 atom stereocenters. The molecule has 4 rings (SSSR count). The van der Waals surface area contributed by atoms with E-state index in [1.165, 1.54) is 23.5 Å². The third-order valence-electron chi connectivity index (χ3n) is 4.98. The molecule has 2 heterocycles. The van der Waals surface area contributed by atoms with Gasteiger partial charge in [0.2, 0.25) is 5.91 Å². The minimum Gasteiger partial charge on any atom is -0.284 e. The monoisotopic (exact) mass is 485 g/mol. The summed E-state index contributed by atoms with van der Waals surface area (Å²) < 4.78 is 14.1. The number of halogens is 2. The lowest BCUT2D eigenvalue weighted by Crippen LogP contribution is -2.30. The molecule has 2 aromatic carbocycles. The van der Waals surface area contributed by atoms with E-state index in [1.807, 2.05) is 31.2 Å². The highest BCUT2D eigenvalue weighted by Crippen LogP contribution is 2.34. The molecule has 8 heteroatoms. The Bertz CT molecular complexity index is 1220. The zero-order valence-electron chi connectivity index (χ0n) is 17.4. The summed E-state index contributed by atoms with van der Waals surface area (Å²) in [6, 6.07) is 14.0. The Morgan fingerprint density at radius 3 is 2.62 bits per heavy atom. The summed E-state index contributed by atoms with van der Waals surface area (Å²) in [6.45, 7) is 2.37. The van der Waals surface area contributed by atoms with Crippen LogP contribution in [0.1, 0.15) is 24.0 Å². The number of thioether (sulfide) groups is 1. The molecule has 4 nitrogen and oxygen atoms in total. The van der Waals surface area contributed by atoms with Gasteiger partial charge in [-0.2, -0.15) is 0 Å². The van der Waals surface area contributed by atoms with Gasteiger partial charge in [-0.15, -0.1) is 11.8 Å². The second-order valence-corrected chi connectivity index (χ2v) is 9.84. The average molecular weight is 486 g/mol. The number of aromatic nitrogens is 2. The number of thiazole rings is 1. The van der Waals surface area contributed by atoms with Crippen molar-refractivity contribution in [1.29, 1.82) is 0 Å². The first-order valence-electron chi connectivity index (χ1n) is 10.1. The lowest BCUT2D eigenvalue weighted by atomic mass is 10.2. The Morgan fingerprint density at radius 1 is 1.12 bits per heavy atom. The predicted octanol–water partition coefficient (Wildman–Crippen LogP) is 6.90. The highest BCUT2D eigenvalue weighted by Gasteiger charge is 2.21. The number of nitrogens with zero attached hydrogens (tertiary/aromatic N) is 3. The van der Waals surface area contributed by atoms with Gasteiger partial charge in [0.25, 0.3) is 0 Å². The quantitative estimate of drug-likeness (QED) is 0.201. The number of hydrogen-bond acceptors (Lipinski definition) is 5. The second-order valence-electron chi connectivity index (χ2n) is 7.26. The first-order valence-corrected chi connectivity index (χ1v) is 12.3. The molecule has 32 heavy (non-hydrogen) atoms. The van der Waals surface area contributed by atoms with Crippen molar-refractivity contribution in [2.45, 2.75) is 31.2 Å². The van der Waals surface area contributed by atoms with Gasteiger partial charge in [0, 0.05) is 28.7 Å². The van der Waals surface area contributed by atoms with Gasteiger partial charge < -0.3 is 0 Å². The van der Waals surface area contributed by atoms with Crippen molar-refractivity contribution in [3.05, 3.63) is 82.9 Å². The molecular formula is C24H21ClFN3OS2. The number of fused-ring (bicyclic) bond motifs is 1. The maximum atomic E-state index is 13.2. The van der Waals surface area contributed by atoms with Gasteiger partial charge in [-0.1, -0.05) is 22.9 Å². The number of carbonyl (C=O) groups excluding carboxylic acids is 1. The average Bonchev–Trinajstić information content (AvgIpc) is 3.24. The van der Waals surface area contributed by atoms with Crippen molar-refractivity contribution < 1.29 is 9.18 Å². The first-order chi connectivity index (χ1) is 15.5. The number of rotatable bonds is 8. The number of hydrogen-bond donors (Lipinski definition) is 0. The lowest BCUT2D eigenvalue weighted by molar-refractivity contribution is -0.118. The fourth-order valence-corrected chi connectivity index (χ4v) is 5.26. The van der Waals surface area contributed by atoms with E-state index in [4.69, 9.17) is 16.6 Å². The van der Waals surface area contributed by atoms with Crippen LogP contribution in [0.15, 0.2) is 65.8 Å². The molecule has 164 valence electrons. The number of aryl methyl sites for hydroxylation is 1. The van der Waals surface area contributed by atoms with E-state index in [0.29, 0.717) is 29.5 Å². The smallest absolute Gasteiger partial charge is 0.229 e. The summed E-state index contributed by atoms with van der Waals surface area (Å²) in [4.78, 5) is 24.8. The molecule has 0 saturated heterocycles. The molecule has 0 fully saturated rings. The Morgan fingerprint density at radius 2 is 1.88 bits per heavy atom. The molecule has 0 N–H and O–H groups in total. The number of pyridine rings is 1. The molecule has 4 aromatic rings. The van der Waals surface area contributed by atoms with Crippen molar-refractivity contribution in [3.63, 3.8) is 0 Å². The molecule has 2 aromatic heterocycles. The van der Waals surface area contributed by atoms with Gasteiger partial charge in [-0.25, -0.2) is 9.37 Å². The summed E-state index contributed by atoms with van der Waals surface area (Å²) >= 11 is 9.38. The molecular weight excluding hydrogens is 465 g/mol. The van der Waals surface area contributed by atoms with Crippen molar-refractivity contribution in [3.8, 4) is 0 Å². The number of amides is 1. The normalized spacial score (nSPS) is 11.1. The zero-order valence-corrected chi connectivity index (χ0v) is 19.8. The van der Waals surface area contributed by atoms with Crippen LogP contribution in [-0.2, 0) is 11.3 Å². The predicted molar refractivity (Wildman–Crippen MR) is 131 cm³/mol. The molecule has 0 unspecified atom stereocenters. The molecule has 0 aliphatic heterocycles. The molecule has 0 aliphatic carbocycles. The van der Waals surface area contributed by atoms with Crippen LogP contribution in [0.25, 0.3) is 10.2 Å². The fourth-order valence-electron chi connectivity index (χ4n) is 3.22. The van der Waals surface area contributed by atoms with Gasteiger partial charge in [-0.3, -0.25) is 14.7 Å². The van der Waals surface area contributed by atoms with Crippen LogP contribution in [0.4, 0.5) is 9.52 Å². The van der Waals surface area contributed by atoms with E-state index in [2.05, 4.69) is 4.98 Å². The number of benzene rings is 2. The number of carbonyl (C=O) groups is 1. The Hall–Kier alpha value is -2.48. The van der Waals surface area contributed by atoms with Gasteiger partial charge in [0.15, 0.2) is 5.13 Å². The van der Waals surface area contributed by atoms with Crippen LogP contribution < -0.4 is 4.90 Å². The van der Waals surface area contributed by atoms with Crippen LogP contribution in [0.3, 0.4) is 0 Å². The largest absolute Gasteiger partial charge is 0.284 e. The van der Waals surface area contributed by atoms with Crippen molar-refractivity contribution in [2.24, 2.45) is 0 Å². The van der Waals surface area contributed by atoms with Crippen molar-refractivity contribution in [2.75, 3.05) is 10.7 Å². The molecule has 0 bridgehead atoms. The molecule has 1 amide bonds. The minimum absolute atomic E-state index is 0.0179. The maximum absolute atomic E-state index is 13.2. The van der Waals surface area contributed by atoms with Crippen LogP contribution in [0.2, 0.25) is 5.02 Å². The van der Waals surface area contributed by atoms with E-state index >= 15 is 0 Å². The number of anilines is 1. The third-order valence-corrected chi connectivity index (χ3v) is 7.53. The Balaban J connectivity index is 1.49. The van der Waals surface area contributed by atoms with Gasteiger partial charge in [-0.05, 0) is 78.8 Å². The van der Waals surface area contributed by atoms with Gasteiger partial charge >= 0.3 is 0 Å². The summed E-state index contributed by atoms with van der Waals surface area (Å²) in [5.74, 6) is 0.544. The highest BCUT2D eigenvalue weighted by molar-refractivity contribution is 7.99. The topological polar surface area (TPSA) is 46.1 Å². The van der Waals surface area contributed by atoms with E-state index < -0.39 is 0 Å². The van der Waals surface area contributed by atoms with E-state index in [9.17, 15) is 9.18 Å². The molecule has 0 spiro atoms. The lowest BCUT2D eigenvalue weighted by Gasteiger charge is -2.20. The third kappa shape index (κ3) is 5.46. The van der Waals surface area contributed by atoms with E-state index in [-0.39, 0.29) is 11.7 Å². The summed E-state index contributed by atoms with van der Waals surface area (Å²) in [5.41, 5.74) is 2.73. The van der Waals surface area contributed by atoms with E-state index in [1.54, 1.807) is 41.2 Å². The highest BCUT2D eigenvalue weighted by atomic mass is 35.5. The summed E-state index contributed by atoms with van der Waals surface area (Å²) in [5, 5.41) is 1.33. The van der Waals surface area contributed by atoms with Crippen molar-refractivity contribution in [1.82, 2.24) is 9.97 Å². The van der Waals surface area contributed by atoms with Crippen LogP contribution >= 0.6 is 34.7 Å². The second kappa shape index (κ2) is 10.4. The Labute approximate surface area is 199 Å². The summed E-state index contributed by atoms with van der Waals surface area (Å²) in [7, 11) is 0. The fraction of sp³-hybridized carbons (Fsp3) is 0.208. The molecule has 0 saturated carbocycles. The standard InChI is InChI=1S/C24H21ClFN3OS2/c1-16-20(25)8-9-21-23(16)28-24(32-21)29(15-17-10-12-27-13-11-17)22(30)3-2-14-31-19-6-4-18(26)5-7-19/h4-13H,2-3,14-15H2,1H3. The minimum atomic E-state index is -0.247. The maximum Gasteiger partial charge on any atom is 0.229 e. The first kappa shape index (κ1) is 22.7. The van der Waals surface area contributed by atoms with E-state index in [0.717, 1.165) is 32.0 Å². The Kier molecular flexibility index (Phi) is 7.40. The summed E-state index contributed by atoms with van der Waals surface area (Å²) in [6.07, 6.45) is 4.55. The SMILES string of the molecule is Cc1c(Cl)ccc2sc(N(Cc3ccncc3)C(=O)CCCSc3ccc(F)cc3)nc12. The van der Waals surface area contributed by atoms with Gasteiger partial charge in [0.1, 0.15) is 5.82 Å².